The molecule has 0 saturated carbocycles. The van der Waals surface area contributed by atoms with Crippen LogP contribution in [0, 0.1) is 17.1 Å². The second-order valence-electron chi connectivity index (χ2n) is 9.43. The maximum atomic E-state index is 13.6. The molecule has 3 aromatic carbocycles. The van der Waals surface area contributed by atoms with E-state index in [-0.39, 0.29) is 30.1 Å². The van der Waals surface area contributed by atoms with Gasteiger partial charge in [-0.25, -0.2) is 4.39 Å². The maximum Gasteiger partial charge on any atom is 0.271 e. The molecule has 0 N–H and O–H groups in total. The van der Waals surface area contributed by atoms with Gasteiger partial charge in [-0.3, -0.25) is 14.5 Å². The first kappa shape index (κ1) is 29.9. The monoisotopic (exact) mass is 570 g/mol. The van der Waals surface area contributed by atoms with Crippen molar-refractivity contribution >= 4 is 17.9 Å². The molecule has 4 rings (SSSR count). The van der Waals surface area contributed by atoms with Gasteiger partial charge in [-0.2, -0.15) is 5.26 Å². The number of benzene rings is 3. The van der Waals surface area contributed by atoms with Crippen LogP contribution in [-0.2, 0) is 22.6 Å². The Bertz CT molecular complexity index is 1590. The number of carbonyl (C=O) groups excluding carboxylic acids is 2. The molecule has 0 unspecified atom stereocenters. The highest BCUT2D eigenvalue weighted by Gasteiger charge is 2.35. The highest BCUT2D eigenvalue weighted by Crippen LogP contribution is 2.33. The van der Waals surface area contributed by atoms with Crippen LogP contribution in [-0.4, -0.2) is 44.1 Å². The summed E-state index contributed by atoms with van der Waals surface area (Å²) in [4.78, 5) is 27.8. The van der Waals surface area contributed by atoms with Crippen LogP contribution in [0.3, 0.4) is 0 Å². The molecule has 0 fully saturated rings. The predicted octanol–water partition coefficient (Wildman–Crippen LogP) is 5.66. The Balaban J connectivity index is 1.59. The summed E-state index contributed by atoms with van der Waals surface area (Å²) in [7, 11) is 3.07. The summed E-state index contributed by atoms with van der Waals surface area (Å²) in [6.45, 7) is 4.10. The fourth-order valence-electron chi connectivity index (χ4n) is 4.52. The summed E-state index contributed by atoms with van der Waals surface area (Å²) in [6, 6.07) is 18.6. The number of carbonyl (C=O) groups is 2. The highest BCUT2D eigenvalue weighted by molar-refractivity contribution is 6.19. The standard InChI is InChI=1S/C33H31FN2O6/c1-5-41-31-18-24(9-13-29(31)42-20-23-6-10-25(34)11-7-23)16-26-21(2)27(19-35)33(38)36(32(26)37)15-14-22-8-12-28(39-3)30(17-22)40-4/h6-13,16-18H,5,14-15,20H2,1-4H3/b26-16+. The van der Waals surface area contributed by atoms with Gasteiger partial charge in [0.2, 0.25) is 0 Å². The Kier molecular flexibility index (Phi) is 9.61. The quantitative estimate of drug-likeness (QED) is 0.217. The van der Waals surface area contributed by atoms with E-state index in [0.29, 0.717) is 47.2 Å². The van der Waals surface area contributed by atoms with Crippen molar-refractivity contribution in [1.29, 1.82) is 5.26 Å². The molecule has 9 heteroatoms. The lowest BCUT2D eigenvalue weighted by Gasteiger charge is -2.27. The van der Waals surface area contributed by atoms with Crippen molar-refractivity contribution in [3.63, 3.8) is 0 Å². The first-order valence-corrected chi connectivity index (χ1v) is 13.3. The molecule has 3 aromatic rings. The van der Waals surface area contributed by atoms with Crippen molar-refractivity contribution in [2.45, 2.75) is 26.9 Å². The van der Waals surface area contributed by atoms with Gasteiger partial charge in [0.15, 0.2) is 23.0 Å². The highest BCUT2D eigenvalue weighted by atomic mass is 19.1. The van der Waals surface area contributed by atoms with E-state index in [4.69, 9.17) is 18.9 Å². The lowest BCUT2D eigenvalue weighted by molar-refractivity contribution is -0.140. The van der Waals surface area contributed by atoms with Gasteiger partial charge in [-0.1, -0.05) is 24.3 Å². The number of halogens is 1. The van der Waals surface area contributed by atoms with Gasteiger partial charge in [-0.05, 0) is 85.0 Å². The molecule has 216 valence electrons. The van der Waals surface area contributed by atoms with E-state index in [1.54, 1.807) is 62.6 Å². The number of imide groups is 1. The maximum absolute atomic E-state index is 13.6. The number of nitriles is 1. The number of ether oxygens (including phenoxy) is 4. The molecule has 0 saturated heterocycles. The van der Waals surface area contributed by atoms with Crippen LogP contribution in [0.1, 0.15) is 30.5 Å². The van der Waals surface area contributed by atoms with Crippen molar-refractivity contribution in [3.8, 4) is 29.1 Å². The molecule has 0 spiro atoms. The topological polar surface area (TPSA) is 98.1 Å². The third-order valence-corrected chi connectivity index (χ3v) is 6.78. The number of rotatable bonds is 11. The lowest BCUT2D eigenvalue weighted by Crippen LogP contribution is -2.43. The molecule has 8 nitrogen and oxygen atoms in total. The zero-order valence-corrected chi connectivity index (χ0v) is 23.9. The fourth-order valence-corrected chi connectivity index (χ4v) is 4.52. The van der Waals surface area contributed by atoms with Crippen LogP contribution in [0.2, 0.25) is 0 Å². The average molecular weight is 571 g/mol. The van der Waals surface area contributed by atoms with Crippen molar-refractivity contribution in [3.05, 3.63) is 99.9 Å². The molecular formula is C33H31FN2O6. The fraction of sp³-hybridized carbons (Fsp3) is 0.242. The number of amides is 2. The molecule has 1 heterocycles. The molecular weight excluding hydrogens is 539 g/mol. The Morgan fingerprint density at radius 2 is 1.55 bits per heavy atom. The molecule has 1 aliphatic heterocycles. The Hall–Kier alpha value is -5.10. The first-order valence-electron chi connectivity index (χ1n) is 13.3. The molecule has 0 aliphatic carbocycles. The van der Waals surface area contributed by atoms with Gasteiger partial charge in [-0.15, -0.1) is 0 Å². The molecule has 0 bridgehead atoms. The van der Waals surface area contributed by atoms with Gasteiger partial charge >= 0.3 is 0 Å². The minimum Gasteiger partial charge on any atom is -0.493 e. The van der Waals surface area contributed by atoms with E-state index in [1.807, 2.05) is 19.1 Å². The predicted molar refractivity (Wildman–Crippen MR) is 155 cm³/mol. The van der Waals surface area contributed by atoms with E-state index < -0.39 is 11.8 Å². The van der Waals surface area contributed by atoms with Crippen LogP contribution in [0.25, 0.3) is 6.08 Å². The average Bonchev–Trinajstić information content (AvgIpc) is 3.00. The van der Waals surface area contributed by atoms with Crippen LogP contribution >= 0.6 is 0 Å². The summed E-state index contributed by atoms with van der Waals surface area (Å²) in [5, 5.41) is 9.77. The Labute approximate surface area is 244 Å². The normalized spacial score (nSPS) is 14.2. The number of nitrogens with zero attached hydrogens (tertiary/aromatic N) is 2. The van der Waals surface area contributed by atoms with E-state index in [9.17, 15) is 19.2 Å². The Morgan fingerprint density at radius 3 is 2.21 bits per heavy atom. The molecule has 42 heavy (non-hydrogen) atoms. The summed E-state index contributed by atoms with van der Waals surface area (Å²) in [5.41, 5.74) is 2.71. The number of hydrogen-bond acceptors (Lipinski definition) is 7. The third-order valence-electron chi connectivity index (χ3n) is 6.78. The first-order chi connectivity index (χ1) is 20.3. The zero-order valence-electron chi connectivity index (χ0n) is 23.9. The van der Waals surface area contributed by atoms with Crippen LogP contribution < -0.4 is 18.9 Å². The van der Waals surface area contributed by atoms with Crippen LogP contribution in [0.15, 0.2) is 77.4 Å². The van der Waals surface area contributed by atoms with E-state index >= 15 is 0 Å². The van der Waals surface area contributed by atoms with Crippen molar-refractivity contribution in [1.82, 2.24) is 4.90 Å². The number of hydrogen-bond donors (Lipinski definition) is 0. The second kappa shape index (κ2) is 13.5. The molecule has 0 aromatic heterocycles. The smallest absolute Gasteiger partial charge is 0.271 e. The van der Waals surface area contributed by atoms with E-state index in [1.165, 1.54) is 19.2 Å². The molecule has 2 amide bonds. The van der Waals surface area contributed by atoms with E-state index in [2.05, 4.69) is 0 Å². The van der Waals surface area contributed by atoms with Crippen molar-refractivity contribution in [2.24, 2.45) is 0 Å². The lowest BCUT2D eigenvalue weighted by atomic mass is 9.93. The van der Waals surface area contributed by atoms with Gasteiger partial charge in [0, 0.05) is 12.1 Å². The van der Waals surface area contributed by atoms with Crippen LogP contribution in [0.5, 0.6) is 23.0 Å². The van der Waals surface area contributed by atoms with E-state index in [0.717, 1.165) is 16.0 Å². The SMILES string of the molecule is CCOc1cc(/C=C2/C(=O)N(CCc3ccc(OC)c(OC)c3)C(=O)C(C#N)=C2C)ccc1OCc1ccc(F)cc1. The molecule has 1 aliphatic rings. The van der Waals surface area contributed by atoms with Gasteiger partial charge in [0.05, 0.1) is 20.8 Å². The summed E-state index contributed by atoms with van der Waals surface area (Å²) >= 11 is 0. The summed E-state index contributed by atoms with van der Waals surface area (Å²) < 4.78 is 35.6. The minimum absolute atomic E-state index is 0.0727. The van der Waals surface area contributed by atoms with Crippen molar-refractivity contribution in [2.75, 3.05) is 27.4 Å². The zero-order chi connectivity index (χ0) is 30.2. The van der Waals surface area contributed by atoms with Gasteiger partial charge in [0.1, 0.15) is 24.1 Å². The molecule has 0 radical (unpaired) electrons. The Morgan fingerprint density at radius 1 is 0.857 bits per heavy atom. The van der Waals surface area contributed by atoms with Crippen LogP contribution in [0.4, 0.5) is 4.39 Å². The third kappa shape index (κ3) is 6.61. The van der Waals surface area contributed by atoms with Gasteiger partial charge < -0.3 is 18.9 Å². The summed E-state index contributed by atoms with van der Waals surface area (Å²) in [5.74, 6) is 0.601. The minimum atomic E-state index is -0.628. The van der Waals surface area contributed by atoms with Crippen molar-refractivity contribution < 1.29 is 32.9 Å². The largest absolute Gasteiger partial charge is 0.493 e. The number of methoxy groups -OCH3 is 2. The second-order valence-corrected chi connectivity index (χ2v) is 9.43. The van der Waals surface area contributed by atoms with Gasteiger partial charge in [0.25, 0.3) is 11.8 Å². The summed E-state index contributed by atoms with van der Waals surface area (Å²) in [6.07, 6.45) is 1.99. The molecule has 0 atom stereocenters.